The molecule has 0 unspecified atom stereocenters. The second-order valence-electron chi connectivity index (χ2n) is 4.62. The molecule has 22 heavy (non-hydrogen) atoms. The van der Waals surface area contributed by atoms with E-state index in [4.69, 9.17) is 0 Å². The minimum Gasteiger partial charge on any atom is -0.314 e. The van der Waals surface area contributed by atoms with Crippen molar-refractivity contribution in [3.63, 3.8) is 0 Å². The highest BCUT2D eigenvalue weighted by molar-refractivity contribution is 5.95. The summed E-state index contributed by atoms with van der Waals surface area (Å²) in [7, 11) is 0. The van der Waals surface area contributed by atoms with E-state index in [2.05, 4.69) is 10.6 Å². The Morgan fingerprint density at radius 3 is 2.23 bits per heavy atom. The van der Waals surface area contributed by atoms with Crippen LogP contribution >= 0.6 is 0 Å². The molecule has 5 heteroatoms. The normalized spacial score (nSPS) is 10.5. The number of rotatable bonds is 4. The Kier molecular flexibility index (Phi) is 5.03. The fourth-order valence-corrected chi connectivity index (χ4v) is 1.74. The molecule has 0 atom stereocenters. The van der Waals surface area contributed by atoms with E-state index in [0.29, 0.717) is 11.3 Å². The number of urea groups is 1. The third kappa shape index (κ3) is 4.56. The average molecular weight is 298 g/mol. The molecule has 0 bridgehead atoms. The van der Waals surface area contributed by atoms with Crippen LogP contribution in [-0.4, -0.2) is 11.8 Å². The van der Waals surface area contributed by atoms with Gasteiger partial charge in [-0.3, -0.25) is 4.79 Å². The molecule has 2 aromatic rings. The largest absolute Gasteiger partial charge is 0.323 e. The Bertz CT molecular complexity index is 692. The zero-order chi connectivity index (χ0) is 15.9. The number of anilines is 1. The van der Waals surface area contributed by atoms with Crippen molar-refractivity contribution in [3.05, 3.63) is 71.7 Å². The molecule has 0 saturated heterocycles. The molecule has 0 heterocycles. The molecule has 0 fully saturated rings. The fraction of sp³-hybridized carbons (Fsp3) is 0.0588. The van der Waals surface area contributed by atoms with Crippen LogP contribution in [0, 0.1) is 5.82 Å². The summed E-state index contributed by atoms with van der Waals surface area (Å²) >= 11 is 0. The van der Waals surface area contributed by atoms with Crippen molar-refractivity contribution < 1.29 is 14.0 Å². The van der Waals surface area contributed by atoms with Crippen molar-refractivity contribution in [2.75, 3.05) is 5.32 Å². The summed E-state index contributed by atoms with van der Waals surface area (Å²) < 4.78 is 12.7. The number of ketones is 1. The van der Waals surface area contributed by atoms with Gasteiger partial charge in [0.2, 0.25) is 0 Å². The van der Waals surface area contributed by atoms with Gasteiger partial charge in [0.25, 0.3) is 0 Å². The lowest BCUT2D eigenvalue weighted by Gasteiger charge is -2.05. The number of hydrogen-bond acceptors (Lipinski definition) is 2. The van der Waals surface area contributed by atoms with Crippen molar-refractivity contribution >= 4 is 23.6 Å². The number of nitrogens with one attached hydrogen (secondary N) is 2. The van der Waals surface area contributed by atoms with Crippen molar-refractivity contribution in [1.82, 2.24) is 5.32 Å². The van der Waals surface area contributed by atoms with Crippen molar-refractivity contribution in [1.29, 1.82) is 0 Å². The van der Waals surface area contributed by atoms with Gasteiger partial charge < -0.3 is 10.6 Å². The van der Waals surface area contributed by atoms with Crippen molar-refractivity contribution in [3.8, 4) is 0 Å². The highest BCUT2D eigenvalue weighted by Crippen LogP contribution is 2.10. The molecule has 2 rings (SSSR count). The monoisotopic (exact) mass is 298 g/mol. The van der Waals surface area contributed by atoms with Gasteiger partial charge in [0.05, 0.1) is 0 Å². The minimum atomic E-state index is -0.408. The van der Waals surface area contributed by atoms with Crippen LogP contribution in [0.2, 0.25) is 0 Å². The maximum absolute atomic E-state index is 12.7. The Morgan fingerprint density at radius 2 is 1.64 bits per heavy atom. The number of carbonyl (C=O) groups is 2. The lowest BCUT2D eigenvalue weighted by Crippen LogP contribution is -2.23. The predicted octanol–water partition coefficient (Wildman–Crippen LogP) is 3.82. The van der Waals surface area contributed by atoms with Crippen LogP contribution in [-0.2, 0) is 0 Å². The minimum absolute atomic E-state index is 0.0294. The molecule has 0 aliphatic heterocycles. The third-order valence-electron chi connectivity index (χ3n) is 2.91. The highest BCUT2D eigenvalue weighted by atomic mass is 19.1. The first kappa shape index (κ1) is 15.4. The summed E-state index contributed by atoms with van der Waals surface area (Å²) in [6.07, 6.45) is 3.12. The topological polar surface area (TPSA) is 58.2 Å². The second kappa shape index (κ2) is 7.17. The van der Waals surface area contributed by atoms with Gasteiger partial charge in [-0.25, -0.2) is 9.18 Å². The number of hydrogen-bond donors (Lipinski definition) is 2. The molecule has 112 valence electrons. The third-order valence-corrected chi connectivity index (χ3v) is 2.91. The van der Waals surface area contributed by atoms with E-state index in [9.17, 15) is 14.0 Å². The van der Waals surface area contributed by atoms with E-state index in [1.807, 2.05) is 0 Å². The number of Topliss-reactive ketones (excluding diaryl/α,β-unsaturated/α-hetero) is 1. The molecule has 0 spiro atoms. The van der Waals surface area contributed by atoms with Crippen LogP contribution in [0.5, 0.6) is 0 Å². The molecule has 0 aliphatic carbocycles. The summed E-state index contributed by atoms with van der Waals surface area (Å²) in [6.45, 7) is 1.48. The van der Waals surface area contributed by atoms with Gasteiger partial charge in [0.1, 0.15) is 5.82 Å². The van der Waals surface area contributed by atoms with Gasteiger partial charge in [-0.05, 0) is 55.0 Å². The van der Waals surface area contributed by atoms with E-state index in [1.54, 1.807) is 42.5 Å². The first-order valence-electron chi connectivity index (χ1n) is 6.65. The zero-order valence-electron chi connectivity index (χ0n) is 12.0. The van der Waals surface area contributed by atoms with Gasteiger partial charge in [-0.15, -0.1) is 0 Å². The predicted molar refractivity (Wildman–Crippen MR) is 84.0 cm³/mol. The molecule has 2 aromatic carbocycles. The molecule has 0 radical (unpaired) electrons. The van der Waals surface area contributed by atoms with Crippen molar-refractivity contribution in [2.24, 2.45) is 0 Å². The molecular weight excluding hydrogens is 283 g/mol. The first-order valence-corrected chi connectivity index (χ1v) is 6.65. The van der Waals surface area contributed by atoms with Gasteiger partial charge in [-0.1, -0.05) is 12.1 Å². The van der Waals surface area contributed by atoms with E-state index >= 15 is 0 Å². The van der Waals surface area contributed by atoms with Crippen LogP contribution in [0.1, 0.15) is 22.8 Å². The van der Waals surface area contributed by atoms with Gasteiger partial charge in [-0.2, -0.15) is 0 Å². The molecule has 0 aliphatic rings. The number of amides is 2. The lowest BCUT2D eigenvalue weighted by molar-refractivity contribution is 0.101. The summed E-state index contributed by atoms with van der Waals surface area (Å²) in [5.74, 6) is -0.338. The van der Waals surface area contributed by atoms with Crippen LogP contribution in [0.15, 0.2) is 54.7 Å². The second-order valence-corrected chi connectivity index (χ2v) is 4.62. The number of carbonyl (C=O) groups excluding carboxylic acids is 2. The van der Waals surface area contributed by atoms with Gasteiger partial charge in [0.15, 0.2) is 5.78 Å². The average Bonchev–Trinajstić information content (AvgIpc) is 2.50. The van der Waals surface area contributed by atoms with Crippen LogP contribution in [0.3, 0.4) is 0 Å². The molecular formula is C17H15FN2O2. The summed E-state index contributed by atoms with van der Waals surface area (Å²) in [5.41, 5.74) is 1.94. The summed E-state index contributed by atoms with van der Waals surface area (Å²) in [5, 5.41) is 5.17. The van der Waals surface area contributed by atoms with E-state index in [1.165, 1.54) is 25.3 Å². The number of halogens is 1. The Hall–Kier alpha value is -2.95. The van der Waals surface area contributed by atoms with E-state index in [-0.39, 0.29) is 11.6 Å². The quantitative estimate of drug-likeness (QED) is 0.843. The SMILES string of the molecule is CC(=O)c1ccc(NC(=O)N/C=C/c2ccc(F)cc2)cc1. The van der Waals surface area contributed by atoms with Crippen LogP contribution in [0.4, 0.5) is 14.9 Å². The smallest absolute Gasteiger partial charge is 0.314 e. The number of benzene rings is 2. The fourth-order valence-electron chi connectivity index (χ4n) is 1.74. The first-order chi connectivity index (χ1) is 10.5. The molecule has 0 aromatic heterocycles. The van der Waals surface area contributed by atoms with Crippen LogP contribution < -0.4 is 10.6 Å². The Balaban J connectivity index is 1.87. The van der Waals surface area contributed by atoms with Crippen LogP contribution in [0.25, 0.3) is 6.08 Å². The maximum atomic E-state index is 12.7. The zero-order valence-corrected chi connectivity index (χ0v) is 12.0. The van der Waals surface area contributed by atoms with Gasteiger partial charge in [0, 0.05) is 17.5 Å². The lowest BCUT2D eigenvalue weighted by atomic mass is 10.1. The summed E-state index contributed by atoms with van der Waals surface area (Å²) in [4.78, 5) is 22.8. The Morgan fingerprint density at radius 1 is 1.00 bits per heavy atom. The highest BCUT2D eigenvalue weighted by Gasteiger charge is 2.01. The standard InChI is InChI=1S/C17H15FN2O2/c1-12(21)14-4-8-16(9-5-14)20-17(22)19-11-10-13-2-6-15(18)7-3-13/h2-11H,1H3,(H2,19,20,22)/b11-10+. The molecule has 0 saturated carbocycles. The van der Waals surface area contributed by atoms with Gasteiger partial charge >= 0.3 is 6.03 Å². The maximum Gasteiger partial charge on any atom is 0.323 e. The summed E-state index contributed by atoms with van der Waals surface area (Å²) in [6, 6.07) is 12.1. The van der Waals surface area contributed by atoms with E-state index < -0.39 is 6.03 Å². The molecule has 2 N–H and O–H groups in total. The Labute approximate surface area is 127 Å². The van der Waals surface area contributed by atoms with E-state index in [0.717, 1.165) is 5.56 Å². The van der Waals surface area contributed by atoms with Crippen molar-refractivity contribution in [2.45, 2.75) is 6.92 Å². The molecule has 4 nitrogen and oxygen atoms in total. The molecule has 2 amide bonds.